The largest absolute Gasteiger partial charge is 0.382 e. The van der Waals surface area contributed by atoms with Crippen molar-refractivity contribution < 1.29 is 4.79 Å². The molecule has 0 aromatic heterocycles. The van der Waals surface area contributed by atoms with E-state index in [1.807, 2.05) is 18.2 Å². The Morgan fingerprint density at radius 2 is 1.95 bits per heavy atom. The molecule has 1 aliphatic carbocycles. The summed E-state index contributed by atoms with van der Waals surface area (Å²) in [7, 11) is 0. The second-order valence-corrected chi connectivity index (χ2v) is 6.84. The summed E-state index contributed by atoms with van der Waals surface area (Å²) in [6.07, 6.45) is 3.88. The van der Waals surface area contributed by atoms with E-state index >= 15 is 0 Å². The number of hydrogen-bond acceptors (Lipinski definition) is 2. The Labute approximate surface area is 128 Å². The topological polar surface area (TPSA) is 41.1 Å². The standard InChI is InChI=1S/C18H28N2O/c1-12(2)17-9-8-13(3)10-18(17)20-16-7-5-6-15(11-16)19-14(4)21/h5-7,11-13,17-18,20H,8-10H2,1-4H3,(H,19,21). The molecule has 21 heavy (non-hydrogen) atoms. The predicted molar refractivity (Wildman–Crippen MR) is 89.5 cm³/mol. The van der Waals surface area contributed by atoms with Gasteiger partial charge in [0, 0.05) is 24.3 Å². The molecule has 3 atom stereocenters. The maximum atomic E-state index is 11.2. The zero-order valence-electron chi connectivity index (χ0n) is 13.6. The lowest BCUT2D eigenvalue weighted by Gasteiger charge is -2.38. The molecule has 1 aliphatic rings. The van der Waals surface area contributed by atoms with Crippen LogP contribution >= 0.6 is 0 Å². The van der Waals surface area contributed by atoms with Gasteiger partial charge in [0.1, 0.15) is 0 Å². The van der Waals surface area contributed by atoms with Crippen molar-refractivity contribution in [3.8, 4) is 0 Å². The molecule has 1 aromatic rings. The van der Waals surface area contributed by atoms with E-state index in [1.165, 1.54) is 26.2 Å². The summed E-state index contributed by atoms with van der Waals surface area (Å²) >= 11 is 0. The van der Waals surface area contributed by atoms with Crippen molar-refractivity contribution in [1.82, 2.24) is 0 Å². The van der Waals surface area contributed by atoms with Crippen LogP contribution in [0.3, 0.4) is 0 Å². The first kappa shape index (κ1) is 15.9. The Bertz CT molecular complexity index is 484. The summed E-state index contributed by atoms with van der Waals surface area (Å²) in [4.78, 5) is 11.2. The van der Waals surface area contributed by atoms with E-state index in [0.29, 0.717) is 12.0 Å². The van der Waals surface area contributed by atoms with Gasteiger partial charge in [-0.05, 0) is 48.8 Å². The lowest BCUT2D eigenvalue weighted by molar-refractivity contribution is -0.114. The van der Waals surface area contributed by atoms with Crippen molar-refractivity contribution in [3.05, 3.63) is 24.3 Å². The summed E-state index contributed by atoms with van der Waals surface area (Å²) in [5, 5.41) is 6.55. The minimum Gasteiger partial charge on any atom is -0.382 e. The second-order valence-electron chi connectivity index (χ2n) is 6.84. The number of hydrogen-bond donors (Lipinski definition) is 2. The fourth-order valence-corrected chi connectivity index (χ4v) is 3.47. The molecule has 0 radical (unpaired) electrons. The molecule has 2 N–H and O–H groups in total. The molecule has 1 amide bonds. The molecular weight excluding hydrogens is 260 g/mol. The number of benzene rings is 1. The van der Waals surface area contributed by atoms with E-state index in [-0.39, 0.29) is 5.91 Å². The van der Waals surface area contributed by atoms with Crippen molar-refractivity contribution in [3.63, 3.8) is 0 Å². The van der Waals surface area contributed by atoms with Crippen LogP contribution in [0.15, 0.2) is 24.3 Å². The van der Waals surface area contributed by atoms with Gasteiger partial charge in [-0.15, -0.1) is 0 Å². The van der Waals surface area contributed by atoms with Crippen LogP contribution in [-0.4, -0.2) is 11.9 Å². The average molecular weight is 288 g/mol. The van der Waals surface area contributed by atoms with Crippen LogP contribution in [0.5, 0.6) is 0 Å². The van der Waals surface area contributed by atoms with Crippen LogP contribution in [0.1, 0.15) is 47.0 Å². The summed E-state index contributed by atoms with van der Waals surface area (Å²) in [6, 6.07) is 8.56. The maximum Gasteiger partial charge on any atom is 0.221 e. The Balaban J connectivity index is 2.09. The Kier molecular flexibility index (Phi) is 5.27. The summed E-state index contributed by atoms with van der Waals surface area (Å²) < 4.78 is 0. The van der Waals surface area contributed by atoms with Gasteiger partial charge in [-0.1, -0.05) is 33.3 Å². The molecule has 3 nitrogen and oxygen atoms in total. The lowest BCUT2D eigenvalue weighted by Crippen LogP contribution is -2.37. The monoisotopic (exact) mass is 288 g/mol. The van der Waals surface area contributed by atoms with E-state index in [4.69, 9.17) is 0 Å². The van der Waals surface area contributed by atoms with Crippen LogP contribution in [0.25, 0.3) is 0 Å². The van der Waals surface area contributed by atoms with Crippen molar-refractivity contribution in [2.45, 2.75) is 53.0 Å². The molecule has 3 heteroatoms. The molecule has 1 aromatic carbocycles. The Hall–Kier alpha value is -1.51. The molecule has 116 valence electrons. The van der Waals surface area contributed by atoms with Gasteiger partial charge in [0.15, 0.2) is 0 Å². The van der Waals surface area contributed by atoms with Gasteiger partial charge in [0.2, 0.25) is 5.91 Å². The first-order valence-corrected chi connectivity index (χ1v) is 8.10. The molecule has 3 unspecified atom stereocenters. The number of carbonyl (C=O) groups is 1. The summed E-state index contributed by atoms with van der Waals surface area (Å²) in [5.41, 5.74) is 1.96. The van der Waals surface area contributed by atoms with Crippen LogP contribution < -0.4 is 10.6 Å². The summed E-state index contributed by atoms with van der Waals surface area (Å²) in [6.45, 7) is 8.53. The highest BCUT2D eigenvalue weighted by Gasteiger charge is 2.30. The fraction of sp³-hybridized carbons (Fsp3) is 0.611. The molecule has 0 heterocycles. The SMILES string of the molecule is CC(=O)Nc1cccc(NC2CC(C)CCC2C(C)C)c1. The molecule has 0 aliphatic heterocycles. The van der Waals surface area contributed by atoms with E-state index in [2.05, 4.69) is 37.5 Å². The number of amides is 1. The van der Waals surface area contributed by atoms with Crippen LogP contribution in [0.4, 0.5) is 11.4 Å². The predicted octanol–water partition coefficient (Wildman–Crippen LogP) is 4.52. The minimum atomic E-state index is -0.0292. The van der Waals surface area contributed by atoms with E-state index in [9.17, 15) is 4.79 Å². The highest BCUT2D eigenvalue weighted by Crippen LogP contribution is 2.35. The van der Waals surface area contributed by atoms with Crippen LogP contribution in [0, 0.1) is 17.8 Å². The first-order chi connectivity index (χ1) is 9.95. The molecule has 1 fully saturated rings. The normalized spacial score (nSPS) is 25.7. The maximum absolute atomic E-state index is 11.2. The zero-order valence-corrected chi connectivity index (χ0v) is 13.6. The third-order valence-electron chi connectivity index (χ3n) is 4.56. The number of anilines is 2. The van der Waals surface area contributed by atoms with E-state index < -0.39 is 0 Å². The zero-order chi connectivity index (χ0) is 15.4. The molecule has 2 rings (SSSR count). The van der Waals surface area contributed by atoms with Gasteiger partial charge < -0.3 is 10.6 Å². The molecule has 0 spiro atoms. The van der Waals surface area contributed by atoms with E-state index in [0.717, 1.165) is 23.2 Å². The van der Waals surface area contributed by atoms with Crippen molar-refractivity contribution >= 4 is 17.3 Å². The highest BCUT2D eigenvalue weighted by molar-refractivity contribution is 5.89. The van der Waals surface area contributed by atoms with Gasteiger partial charge in [-0.25, -0.2) is 0 Å². The molecule has 0 saturated heterocycles. The van der Waals surface area contributed by atoms with Crippen LogP contribution in [-0.2, 0) is 4.79 Å². The molecular formula is C18H28N2O. The van der Waals surface area contributed by atoms with Gasteiger partial charge in [0.05, 0.1) is 0 Å². The van der Waals surface area contributed by atoms with E-state index in [1.54, 1.807) is 0 Å². The van der Waals surface area contributed by atoms with Crippen molar-refractivity contribution in [2.24, 2.45) is 17.8 Å². The third-order valence-corrected chi connectivity index (χ3v) is 4.56. The number of rotatable bonds is 4. The van der Waals surface area contributed by atoms with Crippen LogP contribution in [0.2, 0.25) is 0 Å². The number of carbonyl (C=O) groups excluding carboxylic acids is 1. The van der Waals surface area contributed by atoms with Crippen molar-refractivity contribution in [2.75, 3.05) is 10.6 Å². The number of nitrogens with one attached hydrogen (secondary N) is 2. The second kappa shape index (κ2) is 6.97. The van der Waals surface area contributed by atoms with Gasteiger partial charge in [-0.3, -0.25) is 4.79 Å². The quantitative estimate of drug-likeness (QED) is 0.855. The lowest BCUT2D eigenvalue weighted by atomic mass is 9.74. The first-order valence-electron chi connectivity index (χ1n) is 8.10. The van der Waals surface area contributed by atoms with Crippen molar-refractivity contribution in [1.29, 1.82) is 0 Å². The molecule has 1 saturated carbocycles. The highest BCUT2D eigenvalue weighted by atomic mass is 16.1. The van der Waals surface area contributed by atoms with Gasteiger partial charge in [0.25, 0.3) is 0 Å². The van der Waals surface area contributed by atoms with Gasteiger partial charge >= 0.3 is 0 Å². The minimum absolute atomic E-state index is 0.0292. The smallest absolute Gasteiger partial charge is 0.221 e. The third kappa shape index (κ3) is 4.48. The Morgan fingerprint density at radius 1 is 1.24 bits per heavy atom. The molecule has 0 bridgehead atoms. The Morgan fingerprint density at radius 3 is 2.62 bits per heavy atom. The van der Waals surface area contributed by atoms with Gasteiger partial charge in [-0.2, -0.15) is 0 Å². The summed E-state index contributed by atoms with van der Waals surface area (Å²) in [5.74, 6) is 2.19. The average Bonchev–Trinajstić information content (AvgIpc) is 2.38. The fourth-order valence-electron chi connectivity index (χ4n) is 3.47.